The maximum absolute atomic E-state index is 12.2. The van der Waals surface area contributed by atoms with Gasteiger partial charge in [-0.15, -0.1) is 0 Å². The van der Waals surface area contributed by atoms with E-state index in [0.717, 1.165) is 11.1 Å². The van der Waals surface area contributed by atoms with Crippen molar-refractivity contribution in [1.82, 2.24) is 4.72 Å². The molecule has 114 valence electrons. The van der Waals surface area contributed by atoms with E-state index in [4.69, 9.17) is 0 Å². The second-order valence-corrected chi connectivity index (χ2v) is 6.78. The van der Waals surface area contributed by atoms with Crippen molar-refractivity contribution in [3.63, 3.8) is 0 Å². The van der Waals surface area contributed by atoms with E-state index < -0.39 is 15.5 Å². The second kappa shape index (κ2) is 6.13. The number of alkyl halides is 3. The van der Waals surface area contributed by atoms with Gasteiger partial charge in [0.1, 0.15) is 0 Å². The van der Waals surface area contributed by atoms with Crippen LogP contribution >= 0.6 is 0 Å². The van der Waals surface area contributed by atoms with Gasteiger partial charge >= 0.3 is 15.5 Å². The zero-order valence-electron chi connectivity index (χ0n) is 11.5. The van der Waals surface area contributed by atoms with Crippen LogP contribution in [0.25, 0.3) is 0 Å². The summed E-state index contributed by atoms with van der Waals surface area (Å²) in [5.74, 6) is 0.0245. The second-order valence-electron chi connectivity index (χ2n) is 5.02. The summed E-state index contributed by atoms with van der Waals surface area (Å²) >= 11 is 0. The first kappa shape index (κ1) is 17.0. The third kappa shape index (κ3) is 4.21. The number of hydrogen-bond acceptors (Lipinski definition) is 2. The minimum atomic E-state index is -5.27. The Hall–Kier alpha value is -1.08. The number of rotatable bonds is 5. The highest BCUT2D eigenvalue weighted by Crippen LogP contribution is 2.23. The fourth-order valence-electron chi connectivity index (χ4n) is 1.64. The van der Waals surface area contributed by atoms with Crippen molar-refractivity contribution in [2.75, 3.05) is 6.54 Å². The van der Waals surface area contributed by atoms with Crippen molar-refractivity contribution in [3.05, 3.63) is 35.4 Å². The topological polar surface area (TPSA) is 46.2 Å². The summed E-state index contributed by atoms with van der Waals surface area (Å²) in [7, 11) is -5.27. The number of nitrogens with one attached hydrogen (secondary N) is 1. The molecule has 7 heteroatoms. The van der Waals surface area contributed by atoms with Gasteiger partial charge in [-0.25, -0.2) is 13.1 Å². The van der Waals surface area contributed by atoms with Gasteiger partial charge in [0.2, 0.25) is 0 Å². The molecule has 1 N–H and O–H groups in total. The average molecular weight is 309 g/mol. The maximum Gasteiger partial charge on any atom is 0.511 e. The van der Waals surface area contributed by atoms with Crippen LogP contribution in [-0.2, 0) is 10.0 Å². The first-order valence-electron chi connectivity index (χ1n) is 6.20. The highest BCUT2D eigenvalue weighted by Gasteiger charge is 2.45. The smallest absolute Gasteiger partial charge is 0.207 e. The molecule has 3 nitrogen and oxygen atoms in total. The fraction of sp³-hybridized carbons (Fsp3) is 0.538. The van der Waals surface area contributed by atoms with Crippen LogP contribution in [0.5, 0.6) is 0 Å². The van der Waals surface area contributed by atoms with Crippen LogP contribution in [0.15, 0.2) is 24.3 Å². The Balaban J connectivity index is 2.71. The number of halogens is 3. The molecule has 0 amide bonds. The lowest BCUT2D eigenvalue weighted by Gasteiger charge is -2.15. The Labute approximate surface area is 117 Å². The summed E-state index contributed by atoms with van der Waals surface area (Å²) in [6, 6.07) is 7.41. The van der Waals surface area contributed by atoms with Crippen molar-refractivity contribution in [2.45, 2.75) is 38.1 Å². The van der Waals surface area contributed by atoms with Gasteiger partial charge in [-0.3, -0.25) is 0 Å². The normalized spacial score (nSPS) is 14.6. The van der Waals surface area contributed by atoms with E-state index in [1.165, 1.54) is 0 Å². The molecular weight excluding hydrogens is 291 g/mol. The third-order valence-electron chi connectivity index (χ3n) is 3.06. The SMILES string of the molecule is CC(C)c1ccc(C(C)CNS(=O)(=O)C(F)(F)F)cc1. The van der Waals surface area contributed by atoms with Gasteiger partial charge in [0.25, 0.3) is 0 Å². The van der Waals surface area contributed by atoms with Crippen molar-refractivity contribution >= 4 is 10.0 Å². The molecule has 0 aliphatic heterocycles. The van der Waals surface area contributed by atoms with Crippen LogP contribution in [0.1, 0.15) is 43.7 Å². The molecule has 0 saturated carbocycles. The van der Waals surface area contributed by atoms with Gasteiger partial charge < -0.3 is 0 Å². The molecule has 0 radical (unpaired) electrons. The number of sulfonamides is 1. The Morgan fingerprint density at radius 3 is 1.90 bits per heavy atom. The van der Waals surface area contributed by atoms with Crippen LogP contribution in [0.4, 0.5) is 13.2 Å². The molecule has 1 atom stereocenters. The van der Waals surface area contributed by atoms with Gasteiger partial charge in [0.05, 0.1) is 0 Å². The summed E-state index contributed by atoms with van der Waals surface area (Å²) in [6.45, 7) is 5.46. The molecule has 0 bridgehead atoms. The standard InChI is InChI=1S/C13H18F3NO2S/c1-9(2)11-4-6-12(7-5-11)10(3)8-17-20(18,19)13(14,15)16/h4-7,9-10,17H,8H2,1-3H3. The molecule has 0 saturated heterocycles. The van der Waals surface area contributed by atoms with Gasteiger partial charge in [-0.1, -0.05) is 45.0 Å². The number of benzene rings is 1. The highest BCUT2D eigenvalue weighted by atomic mass is 32.2. The Morgan fingerprint density at radius 1 is 1.05 bits per heavy atom. The minimum absolute atomic E-state index is 0.289. The van der Waals surface area contributed by atoms with Gasteiger partial charge in [-0.2, -0.15) is 13.2 Å². The average Bonchev–Trinajstić information content (AvgIpc) is 2.34. The minimum Gasteiger partial charge on any atom is -0.207 e. The maximum atomic E-state index is 12.2. The van der Waals surface area contributed by atoms with E-state index >= 15 is 0 Å². The molecule has 1 aromatic carbocycles. The van der Waals surface area contributed by atoms with Crippen molar-refractivity contribution in [2.24, 2.45) is 0 Å². The van der Waals surface area contributed by atoms with Crippen molar-refractivity contribution in [1.29, 1.82) is 0 Å². The van der Waals surface area contributed by atoms with Crippen LogP contribution < -0.4 is 4.72 Å². The quantitative estimate of drug-likeness (QED) is 0.906. The van der Waals surface area contributed by atoms with E-state index in [1.54, 1.807) is 11.6 Å². The van der Waals surface area contributed by atoms with E-state index in [9.17, 15) is 21.6 Å². The number of hydrogen-bond donors (Lipinski definition) is 1. The lowest BCUT2D eigenvalue weighted by atomic mass is 9.96. The van der Waals surface area contributed by atoms with E-state index in [2.05, 4.69) is 0 Å². The Bertz CT molecular complexity index is 536. The van der Waals surface area contributed by atoms with Gasteiger partial charge in [-0.05, 0) is 23.0 Å². The van der Waals surface area contributed by atoms with Crippen molar-refractivity contribution < 1.29 is 21.6 Å². The first-order chi connectivity index (χ1) is 9.04. The molecule has 0 spiro atoms. The predicted molar refractivity (Wildman–Crippen MR) is 71.9 cm³/mol. The molecule has 1 aromatic rings. The highest BCUT2D eigenvalue weighted by molar-refractivity contribution is 7.90. The zero-order chi connectivity index (χ0) is 15.6. The lowest BCUT2D eigenvalue weighted by Crippen LogP contribution is -2.38. The molecule has 0 fully saturated rings. The Morgan fingerprint density at radius 2 is 1.50 bits per heavy atom. The third-order valence-corrected chi connectivity index (χ3v) is 4.21. The lowest BCUT2D eigenvalue weighted by molar-refractivity contribution is -0.0447. The van der Waals surface area contributed by atoms with Gasteiger partial charge in [0, 0.05) is 6.54 Å². The van der Waals surface area contributed by atoms with Gasteiger partial charge in [0.15, 0.2) is 0 Å². The molecule has 0 aromatic heterocycles. The van der Waals surface area contributed by atoms with Crippen molar-refractivity contribution in [3.8, 4) is 0 Å². The molecule has 1 unspecified atom stereocenters. The van der Waals surface area contributed by atoms with Crippen LogP contribution in [0.2, 0.25) is 0 Å². The van der Waals surface area contributed by atoms with Crippen LogP contribution in [0.3, 0.4) is 0 Å². The first-order valence-corrected chi connectivity index (χ1v) is 7.68. The van der Waals surface area contributed by atoms with E-state index in [0.29, 0.717) is 5.92 Å². The monoisotopic (exact) mass is 309 g/mol. The molecule has 0 aliphatic rings. The van der Waals surface area contributed by atoms with E-state index in [1.807, 2.05) is 38.1 Å². The zero-order valence-corrected chi connectivity index (χ0v) is 12.3. The van der Waals surface area contributed by atoms with E-state index in [-0.39, 0.29) is 12.5 Å². The predicted octanol–water partition coefficient (Wildman–Crippen LogP) is 3.35. The van der Waals surface area contributed by atoms with Crippen LogP contribution in [0, 0.1) is 0 Å². The molecule has 20 heavy (non-hydrogen) atoms. The fourth-order valence-corrected chi connectivity index (χ4v) is 2.28. The summed E-state index contributed by atoms with van der Waals surface area (Å²) in [5, 5.41) is 0. The summed E-state index contributed by atoms with van der Waals surface area (Å²) in [4.78, 5) is 0. The summed E-state index contributed by atoms with van der Waals surface area (Å²) in [6.07, 6.45) is 0. The molecule has 0 aliphatic carbocycles. The molecular formula is C13H18F3NO2S. The molecule has 1 rings (SSSR count). The largest absolute Gasteiger partial charge is 0.511 e. The Kier molecular flexibility index (Phi) is 5.21. The molecule has 0 heterocycles. The summed E-state index contributed by atoms with van der Waals surface area (Å²) < 4.78 is 59.9. The summed E-state index contributed by atoms with van der Waals surface area (Å²) in [5.41, 5.74) is -3.36. The van der Waals surface area contributed by atoms with Crippen LogP contribution in [-0.4, -0.2) is 20.5 Å².